The summed E-state index contributed by atoms with van der Waals surface area (Å²) in [6, 6.07) is 30.3. The third-order valence-corrected chi connectivity index (χ3v) is 15.5. The number of carboxylic acid groups (broad SMARTS) is 2. The van der Waals surface area contributed by atoms with Gasteiger partial charge in [-0.2, -0.15) is 23.5 Å². The van der Waals surface area contributed by atoms with Gasteiger partial charge in [0.05, 0.1) is 12.1 Å². The Labute approximate surface area is 421 Å². The number of rotatable bonds is 18. The fourth-order valence-electron chi connectivity index (χ4n) is 8.74. The van der Waals surface area contributed by atoms with E-state index in [9.17, 15) is 19.8 Å². The van der Waals surface area contributed by atoms with Crippen LogP contribution in [0.1, 0.15) is 139 Å². The smallest absolute Gasteiger partial charge is 0.329 e. The predicted molar refractivity (Wildman–Crippen MR) is 277 cm³/mol. The first-order chi connectivity index (χ1) is 31.2. The van der Waals surface area contributed by atoms with Crippen molar-refractivity contribution >= 4 is 81.9 Å². The number of benzene rings is 4. The van der Waals surface area contributed by atoms with Crippen LogP contribution in [0.25, 0.3) is 0 Å². The Morgan fingerprint density at radius 2 is 0.894 bits per heavy atom. The Balaban J connectivity index is 0.000000247. The standard InChI is InChI=1S/2C26H33Cl2NO3S/c2*1-26(2,3)33-22-10-5-4-9-21(22)29-24(17-11-13-19(27)14-12-17)25(32-16-23(30)31)18-7-6-8-20(28)15-18/h2*6-8,11-15,21-22,24-25,29H,4-5,9-10,16H2,1-3H3,(H,30,31)/t21-,22-,24+,25+;21-,22-,24-,25-/m01/s1. The molecular formula is C52H66Cl4N2O6S2. The van der Waals surface area contributed by atoms with Gasteiger partial charge in [0.25, 0.3) is 0 Å². The summed E-state index contributed by atoms with van der Waals surface area (Å²) in [5.41, 5.74) is 3.68. The number of thioether (sulfide) groups is 2. The average molecular weight is 1020 g/mol. The second kappa shape index (κ2) is 25.9. The van der Waals surface area contributed by atoms with Gasteiger partial charge >= 0.3 is 11.9 Å². The molecule has 0 radical (unpaired) electrons. The maximum Gasteiger partial charge on any atom is 0.329 e. The molecule has 6 rings (SSSR count). The first kappa shape index (κ1) is 54.5. The molecule has 0 spiro atoms. The van der Waals surface area contributed by atoms with E-state index in [4.69, 9.17) is 55.9 Å². The fraction of sp³-hybridized carbons (Fsp3) is 0.500. The van der Waals surface area contributed by atoms with E-state index in [1.807, 2.05) is 108 Å². The van der Waals surface area contributed by atoms with Crippen LogP contribution in [0.2, 0.25) is 20.1 Å². The number of halogens is 4. The Morgan fingerprint density at radius 3 is 1.21 bits per heavy atom. The van der Waals surface area contributed by atoms with Crippen LogP contribution in [-0.4, -0.2) is 67.4 Å². The quantitative estimate of drug-likeness (QED) is 0.0768. The maximum atomic E-state index is 11.4. The van der Waals surface area contributed by atoms with Crippen LogP contribution in [0.3, 0.4) is 0 Å². The molecule has 360 valence electrons. The average Bonchev–Trinajstić information content (AvgIpc) is 3.24. The fourth-order valence-corrected chi connectivity index (χ4v) is 12.5. The molecule has 66 heavy (non-hydrogen) atoms. The number of carboxylic acids is 2. The third kappa shape index (κ3) is 18.1. The van der Waals surface area contributed by atoms with Gasteiger partial charge in [0.1, 0.15) is 25.4 Å². The molecule has 14 heteroatoms. The van der Waals surface area contributed by atoms with Crippen molar-refractivity contribution in [3.8, 4) is 0 Å². The van der Waals surface area contributed by atoms with E-state index in [0.29, 0.717) is 30.6 Å². The molecule has 2 fully saturated rings. The minimum absolute atomic E-state index is 0.157. The number of nitrogens with one attached hydrogen (secondary N) is 2. The van der Waals surface area contributed by atoms with Gasteiger partial charge in [0, 0.05) is 52.2 Å². The van der Waals surface area contributed by atoms with Crippen molar-refractivity contribution in [2.45, 2.75) is 149 Å². The zero-order chi connectivity index (χ0) is 48.0. The molecule has 0 heterocycles. The molecule has 0 bridgehead atoms. The first-order valence-corrected chi connectivity index (χ1v) is 26.1. The molecule has 0 aromatic heterocycles. The van der Waals surface area contributed by atoms with E-state index in [1.165, 1.54) is 25.7 Å². The summed E-state index contributed by atoms with van der Waals surface area (Å²) in [5, 5.41) is 29.9. The Bertz CT molecular complexity index is 1980. The molecule has 0 amide bonds. The zero-order valence-electron chi connectivity index (χ0n) is 38.8. The summed E-state index contributed by atoms with van der Waals surface area (Å²) in [5.74, 6) is -2.01. The molecule has 8 nitrogen and oxygen atoms in total. The lowest BCUT2D eigenvalue weighted by atomic mass is 9.90. The number of ether oxygens (including phenoxy) is 2. The van der Waals surface area contributed by atoms with Crippen LogP contribution in [0.15, 0.2) is 97.1 Å². The lowest BCUT2D eigenvalue weighted by molar-refractivity contribution is -0.146. The van der Waals surface area contributed by atoms with Crippen LogP contribution < -0.4 is 10.6 Å². The lowest BCUT2D eigenvalue weighted by Gasteiger charge is -2.40. The molecule has 8 atom stereocenters. The minimum atomic E-state index is -1.00. The van der Waals surface area contributed by atoms with Crippen LogP contribution >= 0.6 is 69.9 Å². The second-order valence-electron chi connectivity index (χ2n) is 19.1. The molecule has 2 aliphatic carbocycles. The third-order valence-electron chi connectivity index (χ3n) is 11.4. The van der Waals surface area contributed by atoms with Gasteiger partial charge in [-0.15, -0.1) is 0 Å². The predicted octanol–water partition coefficient (Wildman–Crippen LogP) is 14.6. The van der Waals surface area contributed by atoms with Crippen molar-refractivity contribution in [3.05, 3.63) is 139 Å². The van der Waals surface area contributed by atoms with Crippen molar-refractivity contribution in [2.24, 2.45) is 0 Å². The van der Waals surface area contributed by atoms with Crippen molar-refractivity contribution in [2.75, 3.05) is 13.2 Å². The Kier molecular flexibility index (Phi) is 21.4. The topological polar surface area (TPSA) is 117 Å². The number of aliphatic carboxylic acids is 2. The van der Waals surface area contributed by atoms with Crippen LogP contribution in [0.4, 0.5) is 0 Å². The molecule has 2 aliphatic rings. The largest absolute Gasteiger partial charge is 0.480 e. The van der Waals surface area contributed by atoms with E-state index in [2.05, 4.69) is 52.2 Å². The van der Waals surface area contributed by atoms with E-state index in [1.54, 1.807) is 12.1 Å². The van der Waals surface area contributed by atoms with Crippen molar-refractivity contribution < 1.29 is 29.3 Å². The molecule has 0 saturated heterocycles. The summed E-state index contributed by atoms with van der Waals surface area (Å²) < 4.78 is 12.3. The van der Waals surface area contributed by atoms with Gasteiger partial charge in [-0.3, -0.25) is 0 Å². The highest BCUT2D eigenvalue weighted by atomic mass is 35.5. The van der Waals surface area contributed by atoms with Crippen LogP contribution in [0, 0.1) is 0 Å². The minimum Gasteiger partial charge on any atom is -0.480 e. The SMILES string of the molecule is CC(C)(C)S[C@@H]1CCCC[C@H]1N[C@H](c1ccc(Cl)cc1)[C@H](OCC(=O)O)c1cccc(Cl)c1.CC(C)(C)S[C@H]1CCCC[C@@H]1N[C@H](c1ccc(Cl)cc1)[C@H](OCC(=O)O)c1cccc(Cl)c1. The van der Waals surface area contributed by atoms with E-state index >= 15 is 0 Å². The van der Waals surface area contributed by atoms with Gasteiger partial charge in [-0.1, -0.05) is 162 Å². The number of carbonyl (C=O) groups is 2. The van der Waals surface area contributed by atoms with E-state index < -0.39 is 37.4 Å². The zero-order valence-corrected chi connectivity index (χ0v) is 43.4. The van der Waals surface area contributed by atoms with Crippen molar-refractivity contribution in [3.63, 3.8) is 0 Å². The second-order valence-corrected chi connectivity index (χ2v) is 24.9. The van der Waals surface area contributed by atoms with Gasteiger partial charge in [0.2, 0.25) is 0 Å². The highest BCUT2D eigenvalue weighted by Gasteiger charge is 2.37. The van der Waals surface area contributed by atoms with Gasteiger partial charge < -0.3 is 30.3 Å². The Hall–Kier alpha value is -2.48. The van der Waals surface area contributed by atoms with Crippen LogP contribution in [-0.2, 0) is 19.1 Å². The first-order valence-electron chi connectivity index (χ1n) is 22.8. The lowest BCUT2D eigenvalue weighted by Crippen LogP contribution is -2.45. The van der Waals surface area contributed by atoms with Gasteiger partial charge in [0.15, 0.2) is 0 Å². The summed E-state index contributed by atoms with van der Waals surface area (Å²) >= 11 is 29.0. The summed E-state index contributed by atoms with van der Waals surface area (Å²) in [4.78, 5) is 22.8. The number of hydrogen-bond acceptors (Lipinski definition) is 8. The number of hydrogen-bond donors (Lipinski definition) is 4. The summed E-state index contributed by atoms with van der Waals surface area (Å²) in [6.07, 6.45) is 8.20. The molecular weight excluding hydrogens is 955 g/mol. The van der Waals surface area contributed by atoms with Gasteiger partial charge in [-0.05, 0) is 96.5 Å². The molecule has 2 saturated carbocycles. The van der Waals surface area contributed by atoms with Gasteiger partial charge in [-0.25, -0.2) is 9.59 Å². The van der Waals surface area contributed by atoms with E-state index in [0.717, 1.165) is 47.9 Å². The summed E-state index contributed by atoms with van der Waals surface area (Å²) in [7, 11) is 0. The monoisotopic (exact) mass is 1020 g/mol. The molecule has 4 aromatic carbocycles. The normalized spacial score (nSPS) is 20.9. The van der Waals surface area contributed by atoms with Crippen molar-refractivity contribution in [1.82, 2.24) is 10.6 Å². The molecule has 0 unspecified atom stereocenters. The van der Waals surface area contributed by atoms with E-state index in [-0.39, 0.29) is 33.7 Å². The highest BCUT2D eigenvalue weighted by Crippen LogP contribution is 2.42. The highest BCUT2D eigenvalue weighted by molar-refractivity contribution is 8.01. The van der Waals surface area contributed by atoms with Crippen molar-refractivity contribution in [1.29, 1.82) is 0 Å². The maximum absolute atomic E-state index is 11.4. The molecule has 4 N–H and O–H groups in total. The summed E-state index contributed by atoms with van der Waals surface area (Å²) in [6.45, 7) is 12.7. The molecule has 4 aromatic rings. The Morgan fingerprint density at radius 1 is 0.545 bits per heavy atom. The van der Waals surface area contributed by atoms with Crippen LogP contribution in [0.5, 0.6) is 0 Å². The molecule has 0 aliphatic heterocycles.